The van der Waals surface area contributed by atoms with Crippen LogP contribution in [0.2, 0.25) is 0 Å². The predicted molar refractivity (Wildman–Crippen MR) is 153 cm³/mol. The molecule has 0 bridgehead atoms. The topological polar surface area (TPSA) is 236 Å². The van der Waals surface area contributed by atoms with Crippen molar-refractivity contribution in [3.05, 3.63) is 36.0 Å². The highest BCUT2D eigenvalue weighted by Crippen LogP contribution is 2.19. The van der Waals surface area contributed by atoms with Gasteiger partial charge in [-0.05, 0) is 55.9 Å². The van der Waals surface area contributed by atoms with Crippen LogP contribution in [-0.2, 0) is 30.4 Å². The number of H-pyrrole nitrogens is 1. The number of carbonyl (C=O) groups is 5. The fourth-order valence-corrected chi connectivity index (χ4v) is 4.58. The number of hydrogen-bond acceptors (Lipinski definition) is 8. The maximum atomic E-state index is 13.4. The number of rotatable bonds is 18. The molecule has 1 aromatic heterocycles. The molecule has 13 nitrogen and oxygen atoms in total. The van der Waals surface area contributed by atoms with E-state index in [0.29, 0.717) is 37.1 Å². The monoisotopic (exact) mass is 577 g/mol. The Morgan fingerprint density at radius 1 is 0.950 bits per heavy atom. The van der Waals surface area contributed by atoms with E-state index in [1.807, 2.05) is 30.5 Å². The molecule has 0 fully saturated rings. The fraction of sp³-hybridized carbons (Fsp3) is 0.500. The molecule has 0 saturated heterocycles. The van der Waals surface area contributed by atoms with Crippen LogP contribution in [0.1, 0.15) is 37.7 Å². The highest BCUT2D eigenvalue weighted by atomic mass is 32.2. The first-order chi connectivity index (χ1) is 19.1. The average molecular weight is 578 g/mol. The summed E-state index contributed by atoms with van der Waals surface area (Å²) in [5.41, 5.74) is 18.2. The Hall–Kier alpha value is -3.62. The SMILES string of the molecule is CSCCC(N)C(=O)NC(CCCCN)C(=O)NC(Cc1c[nH]c2ccccc12)C(=O)NC(CC(N)=O)C(=O)O. The van der Waals surface area contributed by atoms with E-state index in [0.717, 1.165) is 10.9 Å². The van der Waals surface area contributed by atoms with Crippen LogP contribution in [0, 0.1) is 0 Å². The summed E-state index contributed by atoms with van der Waals surface area (Å²) in [4.78, 5) is 65.5. The molecule has 0 spiro atoms. The molecule has 1 heterocycles. The summed E-state index contributed by atoms with van der Waals surface area (Å²) in [6.45, 7) is 0.400. The molecule has 220 valence electrons. The van der Waals surface area contributed by atoms with E-state index < -0.39 is 60.2 Å². The molecule has 0 aliphatic heterocycles. The second-order valence-corrected chi connectivity index (χ2v) is 10.4. The van der Waals surface area contributed by atoms with Crippen molar-refractivity contribution in [1.82, 2.24) is 20.9 Å². The molecule has 40 heavy (non-hydrogen) atoms. The van der Waals surface area contributed by atoms with E-state index in [1.165, 1.54) is 0 Å². The van der Waals surface area contributed by atoms with Crippen LogP contribution in [0.3, 0.4) is 0 Å². The Bertz CT molecular complexity index is 1170. The number of fused-ring (bicyclic) bond motifs is 1. The van der Waals surface area contributed by atoms with Gasteiger partial charge >= 0.3 is 5.97 Å². The molecule has 4 unspecified atom stereocenters. The van der Waals surface area contributed by atoms with Gasteiger partial charge in [0.2, 0.25) is 23.6 Å². The van der Waals surface area contributed by atoms with Gasteiger partial charge in [0.05, 0.1) is 12.5 Å². The number of aliphatic carboxylic acids is 1. The second-order valence-electron chi connectivity index (χ2n) is 9.43. The maximum absolute atomic E-state index is 13.4. The molecule has 0 saturated carbocycles. The van der Waals surface area contributed by atoms with Gasteiger partial charge in [-0.3, -0.25) is 19.2 Å². The average Bonchev–Trinajstić information content (AvgIpc) is 3.32. The maximum Gasteiger partial charge on any atom is 0.326 e. The first kappa shape index (κ1) is 32.6. The van der Waals surface area contributed by atoms with E-state index in [2.05, 4.69) is 20.9 Å². The van der Waals surface area contributed by atoms with Crippen molar-refractivity contribution in [3.8, 4) is 0 Å². The smallest absolute Gasteiger partial charge is 0.326 e. The van der Waals surface area contributed by atoms with Crippen molar-refractivity contribution >= 4 is 52.3 Å². The lowest BCUT2D eigenvalue weighted by molar-refractivity contribution is -0.143. The first-order valence-electron chi connectivity index (χ1n) is 13.0. The van der Waals surface area contributed by atoms with E-state index in [9.17, 15) is 29.1 Å². The van der Waals surface area contributed by atoms with Crippen LogP contribution in [0.25, 0.3) is 10.9 Å². The number of aromatic nitrogens is 1. The molecule has 2 aromatic rings. The van der Waals surface area contributed by atoms with E-state index in [-0.39, 0.29) is 12.8 Å². The van der Waals surface area contributed by atoms with E-state index in [4.69, 9.17) is 17.2 Å². The largest absolute Gasteiger partial charge is 0.480 e. The van der Waals surface area contributed by atoms with Gasteiger partial charge in [0.15, 0.2) is 0 Å². The van der Waals surface area contributed by atoms with Crippen molar-refractivity contribution in [2.45, 2.75) is 62.7 Å². The summed E-state index contributed by atoms with van der Waals surface area (Å²) >= 11 is 1.54. The number of carboxylic acid groups (broad SMARTS) is 1. The summed E-state index contributed by atoms with van der Waals surface area (Å²) in [5, 5.41) is 17.9. The number of nitrogens with one attached hydrogen (secondary N) is 4. The number of amides is 4. The zero-order valence-corrected chi connectivity index (χ0v) is 23.3. The lowest BCUT2D eigenvalue weighted by Crippen LogP contribution is -2.57. The van der Waals surface area contributed by atoms with Gasteiger partial charge in [-0.15, -0.1) is 0 Å². The minimum absolute atomic E-state index is 0.00119. The number of carbonyl (C=O) groups excluding carboxylic acids is 4. The molecular formula is C26H39N7O6S. The number of benzene rings is 1. The normalized spacial score (nSPS) is 14.1. The second kappa shape index (κ2) is 16.5. The lowest BCUT2D eigenvalue weighted by Gasteiger charge is -2.25. The molecule has 14 heteroatoms. The summed E-state index contributed by atoms with van der Waals surface area (Å²) in [5.74, 6) is -3.64. The van der Waals surface area contributed by atoms with Crippen molar-refractivity contribution < 1.29 is 29.1 Å². The van der Waals surface area contributed by atoms with Crippen LogP contribution >= 0.6 is 11.8 Å². The number of carboxylic acids is 1. The van der Waals surface area contributed by atoms with Gasteiger partial charge in [-0.1, -0.05) is 18.2 Å². The summed E-state index contributed by atoms with van der Waals surface area (Å²) < 4.78 is 0. The number of thioether (sulfide) groups is 1. The van der Waals surface area contributed by atoms with E-state index in [1.54, 1.807) is 18.0 Å². The minimum atomic E-state index is -1.58. The van der Waals surface area contributed by atoms with Crippen LogP contribution in [0.4, 0.5) is 0 Å². The van der Waals surface area contributed by atoms with Crippen LogP contribution in [0.5, 0.6) is 0 Å². The van der Waals surface area contributed by atoms with Gasteiger partial charge in [0.25, 0.3) is 0 Å². The molecule has 0 radical (unpaired) electrons. The van der Waals surface area contributed by atoms with Crippen LogP contribution in [-0.4, -0.2) is 82.4 Å². The third-order valence-corrected chi connectivity index (χ3v) is 6.95. The summed E-state index contributed by atoms with van der Waals surface area (Å²) in [7, 11) is 0. The Balaban J connectivity index is 2.30. The van der Waals surface area contributed by atoms with Gasteiger partial charge in [-0.25, -0.2) is 4.79 Å². The molecule has 0 aliphatic carbocycles. The van der Waals surface area contributed by atoms with Crippen molar-refractivity contribution in [2.24, 2.45) is 17.2 Å². The molecule has 4 atom stereocenters. The fourth-order valence-electron chi connectivity index (χ4n) is 4.09. The molecule has 0 aliphatic rings. The third-order valence-electron chi connectivity index (χ3n) is 6.30. The Kier molecular flexibility index (Phi) is 13.4. The van der Waals surface area contributed by atoms with Gasteiger partial charge in [-0.2, -0.15) is 11.8 Å². The summed E-state index contributed by atoms with van der Waals surface area (Å²) in [6.07, 6.45) is 4.79. The van der Waals surface area contributed by atoms with E-state index >= 15 is 0 Å². The minimum Gasteiger partial charge on any atom is -0.480 e. The first-order valence-corrected chi connectivity index (χ1v) is 14.4. The summed E-state index contributed by atoms with van der Waals surface area (Å²) in [6, 6.07) is 2.73. The molecule has 11 N–H and O–H groups in total. The Morgan fingerprint density at radius 2 is 1.60 bits per heavy atom. The van der Waals surface area contributed by atoms with Gasteiger partial charge in [0.1, 0.15) is 18.1 Å². The van der Waals surface area contributed by atoms with Gasteiger partial charge in [0, 0.05) is 23.5 Å². The van der Waals surface area contributed by atoms with Crippen LogP contribution in [0.15, 0.2) is 30.5 Å². The lowest BCUT2D eigenvalue weighted by atomic mass is 10.0. The number of nitrogens with two attached hydrogens (primary N) is 3. The standard InChI is InChI=1S/C26H39N7O6S/c1-40-11-9-17(28)23(35)31-19(8-4-5-10-27)24(36)32-20(25(37)33-21(26(38)39)13-22(29)34)12-15-14-30-18-7-3-2-6-16(15)18/h2-3,6-7,14,17,19-21,30H,4-5,8-13,27-28H2,1H3,(H2,29,34)(H,31,35)(H,32,36)(H,33,37)(H,38,39). The Labute approximate surface area is 236 Å². The third kappa shape index (κ3) is 10.2. The van der Waals surface area contributed by atoms with Crippen molar-refractivity contribution in [1.29, 1.82) is 0 Å². The zero-order valence-electron chi connectivity index (χ0n) is 22.5. The number of unbranched alkanes of at least 4 members (excludes halogenated alkanes) is 1. The molecular weight excluding hydrogens is 538 g/mol. The molecule has 4 amide bonds. The quantitative estimate of drug-likeness (QED) is 0.105. The number of hydrogen-bond donors (Lipinski definition) is 8. The molecule has 1 aromatic carbocycles. The van der Waals surface area contributed by atoms with Crippen molar-refractivity contribution in [3.63, 3.8) is 0 Å². The zero-order chi connectivity index (χ0) is 29.7. The van der Waals surface area contributed by atoms with Gasteiger partial charge < -0.3 is 43.2 Å². The Morgan fingerprint density at radius 3 is 2.25 bits per heavy atom. The predicted octanol–water partition coefficient (Wildman–Crippen LogP) is -0.666. The van der Waals surface area contributed by atoms with Crippen molar-refractivity contribution in [2.75, 3.05) is 18.6 Å². The number of para-hydroxylation sites is 1. The highest BCUT2D eigenvalue weighted by molar-refractivity contribution is 7.98. The number of primary amides is 1. The highest BCUT2D eigenvalue weighted by Gasteiger charge is 2.31. The number of aromatic amines is 1. The molecule has 2 rings (SSSR count). The van der Waals surface area contributed by atoms with Crippen LogP contribution < -0.4 is 33.2 Å².